The summed E-state index contributed by atoms with van der Waals surface area (Å²) in [6.07, 6.45) is 3.50. The minimum atomic E-state index is -0.0749. The fourth-order valence-corrected chi connectivity index (χ4v) is 4.78. The van der Waals surface area contributed by atoms with Gasteiger partial charge in [0.2, 0.25) is 0 Å². The minimum Gasteiger partial charge on any atom is -0.279 e. The molecule has 2 heterocycles. The summed E-state index contributed by atoms with van der Waals surface area (Å²) in [5.74, 6) is -0.0749. The van der Waals surface area contributed by atoms with Gasteiger partial charge in [-0.1, -0.05) is 46.7 Å². The van der Waals surface area contributed by atoms with Crippen molar-refractivity contribution in [3.63, 3.8) is 0 Å². The van der Waals surface area contributed by atoms with Crippen LogP contribution in [0.25, 0.3) is 10.2 Å². The Labute approximate surface area is 178 Å². The molecule has 4 aromatic rings. The molecule has 2 aromatic heterocycles. The van der Waals surface area contributed by atoms with Gasteiger partial charge in [0.15, 0.2) is 5.13 Å². The zero-order valence-electron chi connectivity index (χ0n) is 16.4. The molecular formula is C23H20ClN3OS. The van der Waals surface area contributed by atoms with Crippen LogP contribution in [0.4, 0.5) is 5.13 Å². The van der Waals surface area contributed by atoms with Gasteiger partial charge in [0.1, 0.15) is 0 Å². The molecule has 0 bridgehead atoms. The van der Waals surface area contributed by atoms with E-state index in [9.17, 15) is 4.79 Å². The van der Waals surface area contributed by atoms with Crippen LogP contribution in [-0.2, 0) is 6.54 Å². The quantitative estimate of drug-likeness (QED) is 0.399. The monoisotopic (exact) mass is 421 g/mol. The van der Waals surface area contributed by atoms with E-state index in [0.29, 0.717) is 22.3 Å². The van der Waals surface area contributed by atoms with Crippen molar-refractivity contribution in [3.05, 3.63) is 87.7 Å². The maximum absolute atomic E-state index is 13.6. The van der Waals surface area contributed by atoms with Crippen molar-refractivity contribution in [2.75, 3.05) is 4.90 Å². The Hall–Kier alpha value is -2.76. The number of nitrogens with zero attached hydrogens (tertiary/aromatic N) is 3. The molecule has 29 heavy (non-hydrogen) atoms. The molecule has 0 spiro atoms. The van der Waals surface area contributed by atoms with E-state index in [0.717, 1.165) is 32.5 Å². The van der Waals surface area contributed by atoms with E-state index in [4.69, 9.17) is 16.6 Å². The molecule has 1 amide bonds. The Morgan fingerprint density at radius 1 is 1.10 bits per heavy atom. The Morgan fingerprint density at radius 3 is 2.66 bits per heavy atom. The molecule has 4 rings (SSSR count). The number of aryl methyl sites for hydroxylation is 3. The second kappa shape index (κ2) is 7.93. The lowest BCUT2D eigenvalue weighted by atomic mass is 10.0. The van der Waals surface area contributed by atoms with E-state index in [1.54, 1.807) is 17.3 Å². The van der Waals surface area contributed by atoms with Crippen molar-refractivity contribution in [2.24, 2.45) is 0 Å². The number of thiazole rings is 1. The SMILES string of the molecule is Cc1ccc(C(=O)N(Cc2cccnc2)c2nc3c(C)cc(Cl)cc3s2)c(C)c1. The fraction of sp³-hybridized carbons (Fsp3) is 0.174. The van der Waals surface area contributed by atoms with Crippen molar-refractivity contribution in [1.29, 1.82) is 0 Å². The second-order valence-electron chi connectivity index (χ2n) is 7.14. The predicted octanol–water partition coefficient (Wildman–Crippen LogP) is 6.12. The third-order valence-electron chi connectivity index (χ3n) is 4.79. The first-order valence-electron chi connectivity index (χ1n) is 9.27. The van der Waals surface area contributed by atoms with Gasteiger partial charge in [0, 0.05) is 23.0 Å². The minimum absolute atomic E-state index is 0.0749. The van der Waals surface area contributed by atoms with Crippen molar-refractivity contribution in [2.45, 2.75) is 27.3 Å². The largest absolute Gasteiger partial charge is 0.279 e. The highest BCUT2D eigenvalue weighted by atomic mass is 35.5. The maximum atomic E-state index is 13.6. The van der Waals surface area contributed by atoms with Crippen LogP contribution >= 0.6 is 22.9 Å². The molecule has 0 unspecified atom stereocenters. The molecule has 0 saturated heterocycles. The normalized spacial score (nSPS) is 11.0. The van der Waals surface area contributed by atoms with Gasteiger partial charge < -0.3 is 0 Å². The lowest BCUT2D eigenvalue weighted by Crippen LogP contribution is -2.31. The lowest BCUT2D eigenvalue weighted by molar-refractivity contribution is 0.0984. The highest BCUT2D eigenvalue weighted by Crippen LogP contribution is 2.34. The van der Waals surface area contributed by atoms with Gasteiger partial charge in [-0.3, -0.25) is 14.7 Å². The van der Waals surface area contributed by atoms with E-state index < -0.39 is 0 Å². The van der Waals surface area contributed by atoms with E-state index in [-0.39, 0.29) is 5.91 Å². The number of rotatable bonds is 4. The maximum Gasteiger partial charge on any atom is 0.260 e. The summed E-state index contributed by atoms with van der Waals surface area (Å²) < 4.78 is 0.967. The number of carbonyl (C=O) groups is 1. The summed E-state index contributed by atoms with van der Waals surface area (Å²) >= 11 is 7.70. The number of hydrogen-bond donors (Lipinski definition) is 0. The van der Waals surface area contributed by atoms with Crippen LogP contribution in [0.5, 0.6) is 0 Å². The van der Waals surface area contributed by atoms with Gasteiger partial charge >= 0.3 is 0 Å². The summed E-state index contributed by atoms with van der Waals surface area (Å²) in [5, 5.41) is 1.32. The van der Waals surface area contributed by atoms with Crippen LogP contribution in [0.1, 0.15) is 32.6 Å². The first-order chi connectivity index (χ1) is 13.9. The third kappa shape index (κ3) is 4.02. The molecule has 0 radical (unpaired) electrons. The van der Waals surface area contributed by atoms with E-state index in [1.807, 2.05) is 63.2 Å². The average molecular weight is 422 g/mol. The number of halogens is 1. The van der Waals surface area contributed by atoms with Gasteiger partial charge in [-0.25, -0.2) is 4.98 Å². The van der Waals surface area contributed by atoms with E-state index >= 15 is 0 Å². The summed E-state index contributed by atoms with van der Waals surface area (Å²) in [6, 6.07) is 13.5. The van der Waals surface area contributed by atoms with Gasteiger partial charge in [0.05, 0.1) is 16.8 Å². The Morgan fingerprint density at radius 2 is 1.93 bits per heavy atom. The Balaban J connectivity index is 1.82. The Bertz CT molecular complexity index is 1200. The molecule has 2 aromatic carbocycles. The number of aromatic nitrogens is 2. The summed E-state index contributed by atoms with van der Waals surface area (Å²) in [7, 11) is 0. The predicted molar refractivity (Wildman–Crippen MR) is 120 cm³/mol. The first-order valence-corrected chi connectivity index (χ1v) is 10.5. The van der Waals surface area contributed by atoms with Crippen molar-refractivity contribution < 1.29 is 4.79 Å². The van der Waals surface area contributed by atoms with Crippen LogP contribution in [0.2, 0.25) is 5.02 Å². The van der Waals surface area contributed by atoms with Crippen LogP contribution < -0.4 is 4.90 Å². The average Bonchev–Trinajstić information content (AvgIpc) is 3.10. The molecule has 6 heteroatoms. The van der Waals surface area contributed by atoms with E-state index in [1.165, 1.54) is 11.3 Å². The molecule has 146 valence electrons. The number of hydrogen-bond acceptors (Lipinski definition) is 4. The van der Waals surface area contributed by atoms with Crippen molar-refractivity contribution in [1.82, 2.24) is 9.97 Å². The summed E-state index contributed by atoms with van der Waals surface area (Å²) in [5.41, 5.74) is 5.57. The first kappa shape index (κ1) is 19.6. The second-order valence-corrected chi connectivity index (χ2v) is 8.58. The van der Waals surface area contributed by atoms with Gasteiger partial charge in [-0.2, -0.15) is 0 Å². The molecule has 0 saturated carbocycles. The highest BCUT2D eigenvalue weighted by Gasteiger charge is 2.23. The number of amides is 1. The number of anilines is 1. The molecular weight excluding hydrogens is 402 g/mol. The molecule has 0 fully saturated rings. The van der Waals surface area contributed by atoms with Crippen molar-refractivity contribution in [3.8, 4) is 0 Å². The molecule has 0 aliphatic rings. The number of pyridine rings is 1. The standard InChI is InChI=1S/C23H20ClN3OS/c1-14-6-7-19(15(2)9-14)22(28)27(13-17-5-4-8-25-12-17)23-26-21-16(3)10-18(24)11-20(21)29-23/h4-12H,13H2,1-3H3. The molecule has 0 aliphatic carbocycles. The zero-order valence-corrected chi connectivity index (χ0v) is 18.0. The molecule has 4 nitrogen and oxygen atoms in total. The van der Waals surface area contributed by atoms with Gasteiger partial charge in [0.25, 0.3) is 5.91 Å². The van der Waals surface area contributed by atoms with Crippen LogP contribution in [-0.4, -0.2) is 15.9 Å². The topological polar surface area (TPSA) is 46.1 Å². The highest BCUT2D eigenvalue weighted by molar-refractivity contribution is 7.22. The van der Waals surface area contributed by atoms with E-state index in [2.05, 4.69) is 4.98 Å². The lowest BCUT2D eigenvalue weighted by Gasteiger charge is -2.21. The number of benzene rings is 2. The number of carbonyl (C=O) groups excluding carboxylic acids is 1. The van der Waals surface area contributed by atoms with Crippen LogP contribution in [0, 0.1) is 20.8 Å². The molecule has 0 N–H and O–H groups in total. The van der Waals surface area contributed by atoms with Crippen molar-refractivity contribution >= 4 is 44.2 Å². The van der Waals surface area contributed by atoms with Crippen LogP contribution in [0.15, 0.2) is 54.9 Å². The van der Waals surface area contributed by atoms with Crippen LogP contribution in [0.3, 0.4) is 0 Å². The smallest absolute Gasteiger partial charge is 0.260 e. The summed E-state index contributed by atoms with van der Waals surface area (Å²) in [6.45, 7) is 6.36. The Kier molecular flexibility index (Phi) is 5.35. The fourth-order valence-electron chi connectivity index (χ4n) is 3.36. The molecule has 0 atom stereocenters. The van der Waals surface area contributed by atoms with Gasteiger partial charge in [-0.15, -0.1) is 0 Å². The number of fused-ring (bicyclic) bond motifs is 1. The zero-order chi connectivity index (χ0) is 20.5. The van der Waals surface area contributed by atoms with Gasteiger partial charge in [-0.05, 0) is 61.7 Å². The summed E-state index contributed by atoms with van der Waals surface area (Å²) in [4.78, 5) is 24.3. The molecule has 0 aliphatic heterocycles. The third-order valence-corrected chi connectivity index (χ3v) is 6.03.